The van der Waals surface area contributed by atoms with Crippen LogP contribution in [-0.4, -0.2) is 23.3 Å². The molecule has 0 bridgehead atoms. The fraction of sp³-hybridized carbons (Fsp3) is 0.207. The molecular weight excluding hydrogens is 453 g/mol. The van der Waals surface area contributed by atoms with Gasteiger partial charge in [0.2, 0.25) is 0 Å². The Morgan fingerprint density at radius 2 is 1.89 bits per heavy atom. The van der Waals surface area contributed by atoms with Gasteiger partial charge in [-0.3, -0.25) is 9.59 Å². The van der Waals surface area contributed by atoms with Gasteiger partial charge in [-0.2, -0.15) is 0 Å². The molecule has 2 aliphatic rings. The number of hydrogen-bond donors (Lipinski definition) is 1. The molecule has 1 aliphatic carbocycles. The molecule has 3 aromatic rings. The van der Waals surface area contributed by atoms with E-state index in [1.54, 1.807) is 18.3 Å². The van der Waals surface area contributed by atoms with Crippen molar-refractivity contribution in [1.82, 2.24) is 4.98 Å². The minimum absolute atomic E-state index is 0.0855. The lowest BCUT2D eigenvalue weighted by Crippen LogP contribution is -2.35. The molecule has 5 rings (SSSR count). The number of allylic oxidation sites excluding steroid dienone is 3. The second-order valence-corrected chi connectivity index (χ2v) is 9.72. The lowest BCUT2D eigenvalue weighted by atomic mass is 9.90. The number of aromatic nitrogens is 1. The summed E-state index contributed by atoms with van der Waals surface area (Å²) in [6.07, 6.45) is 9.91. The Kier molecular flexibility index (Phi) is 6.61. The van der Waals surface area contributed by atoms with Gasteiger partial charge in [0.1, 0.15) is 5.82 Å². The van der Waals surface area contributed by atoms with Crippen molar-refractivity contribution in [2.45, 2.75) is 32.6 Å². The Labute approximate surface area is 208 Å². The van der Waals surface area contributed by atoms with Crippen LogP contribution in [0.4, 0.5) is 11.5 Å². The zero-order valence-electron chi connectivity index (χ0n) is 19.8. The molecule has 6 heteroatoms. The Balaban J connectivity index is 1.39. The summed E-state index contributed by atoms with van der Waals surface area (Å²) in [6, 6.07) is 17.3. The van der Waals surface area contributed by atoms with Gasteiger partial charge in [-0.05, 0) is 84.5 Å². The predicted molar refractivity (Wildman–Crippen MR) is 145 cm³/mol. The second kappa shape index (κ2) is 9.97. The van der Waals surface area contributed by atoms with Gasteiger partial charge < -0.3 is 10.2 Å². The molecule has 0 fully saturated rings. The number of aryl methyl sites for hydroxylation is 2. The number of fused-ring (bicyclic) bond motifs is 1. The van der Waals surface area contributed by atoms with Crippen LogP contribution in [0.2, 0.25) is 0 Å². The topological polar surface area (TPSA) is 62.3 Å². The highest BCUT2D eigenvalue weighted by Crippen LogP contribution is 2.32. The van der Waals surface area contributed by atoms with Crippen LogP contribution in [0, 0.1) is 6.92 Å². The van der Waals surface area contributed by atoms with E-state index in [0.29, 0.717) is 23.5 Å². The molecule has 2 amide bonds. The molecule has 0 saturated heterocycles. The minimum atomic E-state index is -0.221. The van der Waals surface area contributed by atoms with E-state index in [0.717, 1.165) is 42.2 Å². The summed E-state index contributed by atoms with van der Waals surface area (Å²) in [5.74, 6) is 0.106. The van der Waals surface area contributed by atoms with Crippen LogP contribution in [0.15, 0.2) is 84.1 Å². The first-order valence-electron chi connectivity index (χ1n) is 11.9. The molecular formula is C29H28N3O2P. The molecule has 1 N–H and O–H groups in total. The SMILES string of the molecule is Cc1ccc(P)cc1C(=O)Nc1ccc(C(=O)N2CC3=C(C=CCC3)CCc3ccccc32)cn1. The standard InChI is InChI=1S/C29H28N3O2P/c1-19-10-14-24(35)16-25(19)28(33)31-27-15-13-22(17-30-27)29(34)32-18-23-8-3-2-6-20(23)11-12-21-7-4-5-9-26(21)32/h2,4-7,9-10,13-17H,3,8,11-12,18,35H2,1H3,(H,30,31,33). The third-order valence-electron chi connectivity index (χ3n) is 6.68. The van der Waals surface area contributed by atoms with E-state index < -0.39 is 0 Å². The van der Waals surface area contributed by atoms with E-state index in [4.69, 9.17) is 0 Å². The van der Waals surface area contributed by atoms with Gasteiger partial charge in [0.05, 0.1) is 5.56 Å². The number of hydrogen-bond acceptors (Lipinski definition) is 3. The lowest BCUT2D eigenvalue weighted by Gasteiger charge is -2.30. The zero-order valence-corrected chi connectivity index (χ0v) is 20.9. The molecule has 1 atom stereocenters. The van der Waals surface area contributed by atoms with Crippen LogP contribution in [0.5, 0.6) is 0 Å². The third-order valence-corrected chi connectivity index (χ3v) is 7.04. The first-order valence-corrected chi connectivity index (χ1v) is 12.5. The number of carbonyl (C=O) groups excluding carboxylic acids is 2. The van der Waals surface area contributed by atoms with Crippen LogP contribution < -0.4 is 15.5 Å². The molecule has 5 nitrogen and oxygen atoms in total. The van der Waals surface area contributed by atoms with Crippen molar-refractivity contribution in [3.8, 4) is 0 Å². The van der Waals surface area contributed by atoms with E-state index in [-0.39, 0.29) is 11.8 Å². The summed E-state index contributed by atoms with van der Waals surface area (Å²) in [5.41, 5.74) is 6.81. The van der Waals surface area contributed by atoms with Crippen molar-refractivity contribution < 1.29 is 9.59 Å². The number of amides is 2. The number of carbonyl (C=O) groups is 2. The summed E-state index contributed by atoms with van der Waals surface area (Å²) >= 11 is 0. The summed E-state index contributed by atoms with van der Waals surface area (Å²) < 4.78 is 0. The van der Waals surface area contributed by atoms with Gasteiger partial charge in [-0.1, -0.05) is 42.5 Å². The molecule has 1 aromatic heterocycles. The van der Waals surface area contributed by atoms with E-state index in [1.165, 1.54) is 16.7 Å². The molecule has 1 unspecified atom stereocenters. The summed E-state index contributed by atoms with van der Waals surface area (Å²) in [7, 11) is 2.60. The predicted octanol–water partition coefficient (Wildman–Crippen LogP) is 5.38. The highest BCUT2D eigenvalue weighted by Gasteiger charge is 2.25. The lowest BCUT2D eigenvalue weighted by molar-refractivity contribution is 0.0987. The summed E-state index contributed by atoms with van der Waals surface area (Å²) in [6.45, 7) is 2.48. The average molecular weight is 482 g/mol. The largest absolute Gasteiger partial charge is 0.307 e. The van der Waals surface area contributed by atoms with Crippen LogP contribution >= 0.6 is 9.24 Å². The number of para-hydroxylation sites is 1. The van der Waals surface area contributed by atoms with Crippen LogP contribution in [0.1, 0.15) is 51.1 Å². The fourth-order valence-corrected chi connectivity index (χ4v) is 5.00. The maximum absolute atomic E-state index is 13.7. The Bertz CT molecular complexity index is 1360. The number of nitrogens with zero attached hydrogens (tertiary/aromatic N) is 2. The van der Waals surface area contributed by atoms with E-state index in [1.807, 2.05) is 48.2 Å². The fourth-order valence-electron chi connectivity index (χ4n) is 4.73. The number of anilines is 2. The first-order chi connectivity index (χ1) is 17.0. The van der Waals surface area contributed by atoms with Gasteiger partial charge in [-0.15, -0.1) is 9.24 Å². The first kappa shape index (κ1) is 23.2. The Hall–Kier alpha value is -3.56. The molecule has 0 saturated carbocycles. The van der Waals surface area contributed by atoms with Gasteiger partial charge in [0, 0.05) is 24.0 Å². The number of pyridine rings is 1. The van der Waals surface area contributed by atoms with E-state index in [9.17, 15) is 9.59 Å². The van der Waals surface area contributed by atoms with Gasteiger partial charge in [-0.25, -0.2) is 4.98 Å². The van der Waals surface area contributed by atoms with E-state index >= 15 is 0 Å². The van der Waals surface area contributed by atoms with Crippen molar-refractivity contribution in [3.05, 3.63) is 106 Å². The average Bonchev–Trinajstić information content (AvgIpc) is 2.87. The number of nitrogens with one attached hydrogen (secondary N) is 1. The number of benzene rings is 2. The normalized spacial score (nSPS) is 15.1. The molecule has 2 heterocycles. The van der Waals surface area contributed by atoms with Crippen LogP contribution in [0.3, 0.4) is 0 Å². The highest BCUT2D eigenvalue weighted by atomic mass is 31.0. The van der Waals surface area contributed by atoms with Gasteiger partial charge in [0.15, 0.2) is 0 Å². The van der Waals surface area contributed by atoms with Gasteiger partial charge in [0.25, 0.3) is 11.8 Å². The molecule has 0 spiro atoms. The molecule has 2 aromatic carbocycles. The third kappa shape index (κ3) is 4.96. The highest BCUT2D eigenvalue weighted by molar-refractivity contribution is 7.27. The van der Waals surface area contributed by atoms with Crippen molar-refractivity contribution in [2.75, 3.05) is 16.8 Å². The molecule has 0 radical (unpaired) electrons. The second-order valence-electron chi connectivity index (χ2n) is 9.05. The maximum Gasteiger partial charge on any atom is 0.260 e. The zero-order chi connectivity index (χ0) is 24.4. The van der Waals surface area contributed by atoms with Gasteiger partial charge >= 0.3 is 0 Å². The maximum atomic E-state index is 13.7. The quantitative estimate of drug-likeness (QED) is 0.511. The summed E-state index contributed by atoms with van der Waals surface area (Å²) in [4.78, 5) is 32.7. The Morgan fingerprint density at radius 1 is 1.03 bits per heavy atom. The summed E-state index contributed by atoms with van der Waals surface area (Å²) in [5, 5.41) is 3.78. The van der Waals surface area contributed by atoms with Crippen molar-refractivity contribution in [3.63, 3.8) is 0 Å². The molecule has 176 valence electrons. The van der Waals surface area contributed by atoms with Crippen LogP contribution in [-0.2, 0) is 6.42 Å². The van der Waals surface area contributed by atoms with Crippen molar-refractivity contribution >= 4 is 37.9 Å². The smallest absolute Gasteiger partial charge is 0.260 e. The van der Waals surface area contributed by atoms with Crippen molar-refractivity contribution in [1.29, 1.82) is 0 Å². The number of rotatable bonds is 3. The molecule has 1 aliphatic heterocycles. The minimum Gasteiger partial charge on any atom is -0.307 e. The monoisotopic (exact) mass is 481 g/mol. The molecule has 35 heavy (non-hydrogen) atoms. The van der Waals surface area contributed by atoms with Crippen molar-refractivity contribution in [2.24, 2.45) is 0 Å². The van der Waals surface area contributed by atoms with Crippen LogP contribution in [0.25, 0.3) is 0 Å². The van der Waals surface area contributed by atoms with E-state index in [2.05, 4.69) is 37.8 Å². The Morgan fingerprint density at radius 3 is 2.71 bits per heavy atom.